The molecular weight excluding hydrogens is 621 g/mol. The molecular formula is C47H34N4. The molecule has 1 aromatic heterocycles. The zero-order valence-corrected chi connectivity index (χ0v) is 28.0. The Balaban J connectivity index is 1.21. The summed E-state index contributed by atoms with van der Waals surface area (Å²) in [5.41, 5.74) is 10.6. The van der Waals surface area contributed by atoms with Crippen molar-refractivity contribution in [3.8, 4) is 33.9 Å². The van der Waals surface area contributed by atoms with Crippen LogP contribution >= 0.6 is 0 Å². The van der Waals surface area contributed by atoms with Gasteiger partial charge in [0.25, 0.3) is 0 Å². The second-order valence-electron chi connectivity index (χ2n) is 13.5. The highest BCUT2D eigenvalue weighted by atomic mass is 15.2. The third kappa shape index (κ3) is 5.11. The van der Waals surface area contributed by atoms with E-state index in [9.17, 15) is 0 Å². The summed E-state index contributed by atoms with van der Waals surface area (Å²) in [7, 11) is 0. The van der Waals surface area contributed by atoms with Crippen LogP contribution < -0.4 is 4.90 Å². The Morgan fingerprint density at radius 1 is 0.569 bits per heavy atom. The highest BCUT2D eigenvalue weighted by Gasteiger charge is 2.42. The van der Waals surface area contributed by atoms with Crippen molar-refractivity contribution >= 4 is 28.2 Å². The van der Waals surface area contributed by atoms with Crippen LogP contribution in [0.25, 0.3) is 50.8 Å². The highest BCUT2D eigenvalue weighted by Crippen LogP contribution is 2.54. The third-order valence-electron chi connectivity index (χ3n) is 10.5. The molecule has 2 aliphatic carbocycles. The molecule has 0 fully saturated rings. The molecule has 7 aromatic rings. The number of allylic oxidation sites excluding steroid dienone is 4. The van der Waals surface area contributed by atoms with Crippen molar-refractivity contribution < 1.29 is 0 Å². The van der Waals surface area contributed by atoms with Gasteiger partial charge in [-0.15, -0.1) is 0 Å². The fraction of sp³-hybridized carbons (Fsp3) is 0.0851. The van der Waals surface area contributed by atoms with E-state index in [1.807, 2.05) is 18.2 Å². The molecule has 0 bridgehead atoms. The minimum atomic E-state index is 0.0860. The molecule has 0 saturated heterocycles. The Bertz CT molecular complexity index is 2530. The van der Waals surface area contributed by atoms with Crippen LogP contribution in [0.1, 0.15) is 40.8 Å². The van der Waals surface area contributed by atoms with E-state index < -0.39 is 0 Å². The Labute approximate surface area is 297 Å². The van der Waals surface area contributed by atoms with Crippen molar-refractivity contribution in [3.63, 3.8) is 0 Å². The van der Waals surface area contributed by atoms with Crippen LogP contribution in [0.3, 0.4) is 0 Å². The number of rotatable bonds is 5. The van der Waals surface area contributed by atoms with Crippen molar-refractivity contribution in [3.05, 3.63) is 192 Å². The van der Waals surface area contributed by atoms with Crippen LogP contribution in [0.5, 0.6) is 0 Å². The van der Waals surface area contributed by atoms with Gasteiger partial charge >= 0.3 is 0 Å². The molecule has 0 spiro atoms. The lowest BCUT2D eigenvalue weighted by Crippen LogP contribution is -2.30. The SMILES string of the molecule is C1=CCC(c2nc(-c3ccccc3)nc(-c3cc(-c4ccccc4)cc(N4c5ccc6ccccc6c5C5c6ccccc6C=CC54)c3)n2)C=C1. The summed E-state index contributed by atoms with van der Waals surface area (Å²) in [6.45, 7) is 0. The van der Waals surface area contributed by atoms with E-state index in [-0.39, 0.29) is 17.9 Å². The van der Waals surface area contributed by atoms with Crippen molar-refractivity contribution in [2.24, 2.45) is 0 Å². The summed E-state index contributed by atoms with van der Waals surface area (Å²) >= 11 is 0. The molecule has 0 amide bonds. The van der Waals surface area contributed by atoms with Crippen LogP contribution in [0.4, 0.5) is 11.4 Å². The molecule has 10 rings (SSSR count). The number of aromatic nitrogens is 3. The molecule has 0 N–H and O–H groups in total. The van der Waals surface area contributed by atoms with E-state index in [2.05, 4.69) is 163 Å². The molecule has 1 aliphatic heterocycles. The smallest absolute Gasteiger partial charge is 0.163 e. The van der Waals surface area contributed by atoms with E-state index in [1.165, 1.54) is 33.2 Å². The topological polar surface area (TPSA) is 41.9 Å². The number of fused-ring (bicyclic) bond motifs is 7. The molecule has 4 nitrogen and oxygen atoms in total. The molecule has 3 aliphatic rings. The minimum Gasteiger partial charge on any atom is -0.333 e. The van der Waals surface area contributed by atoms with Crippen LogP contribution in [0.2, 0.25) is 0 Å². The van der Waals surface area contributed by atoms with Crippen LogP contribution in [-0.2, 0) is 0 Å². The van der Waals surface area contributed by atoms with E-state index in [0.29, 0.717) is 11.6 Å². The first-order chi connectivity index (χ1) is 25.3. The van der Waals surface area contributed by atoms with Gasteiger partial charge in [0.1, 0.15) is 5.82 Å². The molecule has 0 radical (unpaired) electrons. The van der Waals surface area contributed by atoms with Crippen molar-refractivity contribution in [1.29, 1.82) is 0 Å². The first-order valence-corrected chi connectivity index (χ1v) is 17.7. The second kappa shape index (κ2) is 12.2. The second-order valence-corrected chi connectivity index (χ2v) is 13.5. The number of hydrogen-bond donors (Lipinski definition) is 0. The molecule has 242 valence electrons. The van der Waals surface area contributed by atoms with Gasteiger partial charge in [0.15, 0.2) is 11.6 Å². The maximum atomic E-state index is 5.21. The number of benzene rings is 6. The highest BCUT2D eigenvalue weighted by molar-refractivity contribution is 5.96. The van der Waals surface area contributed by atoms with E-state index >= 15 is 0 Å². The predicted molar refractivity (Wildman–Crippen MR) is 209 cm³/mol. The van der Waals surface area contributed by atoms with Crippen molar-refractivity contribution in [1.82, 2.24) is 15.0 Å². The molecule has 3 atom stereocenters. The average molecular weight is 655 g/mol. The number of anilines is 2. The molecule has 51 heavy (non-hydrogen) atoms. The summed E-state index contributed by atoms with van der Waals surface area (Å²) in [6.07, 6.45) is 14.1. The van der Waals surface area contributed by atoms with Crippen LogP contribution in [-0.4, -0.2) is 21.0 Å². The fourth-order valence-corrected chi connectivity index (χ4v) is 8.15. The molecule has 2 heterocycles. The summed E-state index contributed by atoms with van der Waals surface area (Å²) in [4.78, 5) is 18.0. The lowest BCUT2D eigenvalue weighted by atomic mass is 9.80. The summed E-state index contributed by atoms with van der Waals surface area (Å²) in [5, 5.41) is 2.57. The van der Waals surface area contributed by atoms with Gasteiger partial charge in [-0.1, -0.05) is 152 Å². The minimum absolute atomic E-state index is 0.0860. The lowest BCUT2D eigenvalue weighted by Gasteiger charge is -2.32. The van der Waals surface area contributed by atoms with E-state index in [4.69, 9.17) is 15.0 Å². The van der Waals surface area contributed by atoms with Crippen molar-refractivity contribution in [2.45, 2.75) is 24.3 Å². The molecule has 3 unspecified atom stereocenters. The standard InChI is InChI=1S/C47H34N4/c1-4-14-31(15-5-1)36-28-37(47-49-45(34-18-6-2-7-19-34)48-46(50-47)35-20-8-3-9-21-35)30-38(29-36)51-41-26-24-32-16-10-12-22-39(32)43(41)44-40-23-13-11-17-33(40)25-27-42(44)51/h1-20,22-30,35,41,43H,21H2. The number of nitrogens with zero attached hydrogens (tertiary/aromatic N) is 4. The summed E-state index contributed by atoms with van der Waals surface area (Å²) in [5.74, 6) is 2.43. The maximum Gasteiger partial charge on any atom is 0.163 e. The summed E-state index contributed by atoms with van der Waals surface area (Å²) in [6, 6.07) is 50.1. The zero-order chi connectivity index (χ0) is 33.7. The van der Waals surface area contributed by atoms with Gasteiger partial charge in [0, 0.05) is 34.3 Å². The quantitative estimate of drug-likeness (QED) is 0.185. The first-order valence-electron chi connectivity index (χ1n) is 17.7. The predicted octanol–water partition coefficient (Wildman–Crippen LogP) is 11.3. The monoisotopic (exact) mass is 654 g/mol. The normalized spacial score (nSPS) is 18.4. The Kier molecular flexibility index (Phi) is 7.05. The first kappa shape index (κ1) is 29.5. The molecule has 4 heteroatoms. The van der Waals surface area contributed by atoms with Gasteiger partial charge in [-0.3, -0.25) is 0 Å². The Hall–Kier alpha value is -6.39. The number of hydrogen-bond acceptors (Lipinski definition) is 4. The third-order valence-corrected chi connectivity index (χ3v) is 10.5. The van der Waals surface area contributed by atoms with E-state index in [0.717, 1.165) is 40.2 Å². The fourth-order valence-electron chi connectivity index (χ4n) is 8.15. The molecule has 0 saturated carbocycles. The van der Waals surface area contributed by atoms with Gasteiger partial charge in [-0.2, -0.15) is 0 Å². The van der Waals surface area contributed by atoms with Gasteiger partial charge in [0.05, 0.1) is 6.04 Å². The largest absolute Gasteiger partial charge is 0.333 e. The zero-order valence-electron chi connectivity index (χ0n) is 28.0. The molecule has 6 aromatic carbocycles. The summed E-state index contributed by atoms with van der Waals surface area (Å²) < 4.78 is 0. The van der Waals surface area contributed by atoms with E-state index in [1.54, 1.807) is 0 Å². The van der Waals surface area contributed by atoms with Gasteiger partial charge in [0.2, 0.25) is 0 Å². The Morgan fingerprint density at radius 2 is 1.29 bits per heavy atom. The van der Waals surface area contributed by atoms with Crippen molar-refractivity contribution in [2.75, 3.05) is 4.90 Å². The van der Waals surface area contributed by atoms with Crippen LogP contribution in [0.15, 0.2) is 170 Å². The van der Waals surface area contributed by atoms with Gasteiger partial charge in [-0.25, -0.2) is 15.0 Å². The average Bonchev–Trinajstić information content (AvgIpc) is 3.57. The van der Waals surface area contributed by atoms with Gasteiger partial charge < -0.3 is 4.90 Å². The van der Waals surface area contributed by atoms with Gasteiger partial charge in [-0.05, 0) is 69.3 Å². The van der Waals surface area contributed by atoms with Crippen LogP contribution in [0, 0.1) is 0 Å². The Morgan fingerprint density at radius 3 is 2.12 bits per heavy atom. The lowest BCUT2D eigenvalue weighted by molar-refractivity contribution is 0.727. The maximum absolute atomic E-state index is 5.21.